The van der Waals surface area contributed by atoms with Crippen LogP contribution in [0.4, 0.5) is 0 Å². The predicted octanol–water partition coefficient (Wildman–Crippen LogP) is 2.06. The van der Waals surface area contributed by atoms with E-state index in [1.165, 1.54) is 6.42 Å². The first kappa shape index (κ1) is 18.0. The summed E-state index contributed by atoms with van der Waals surface area (Å²) in [5, 5.41) is 10.8. The van der Waals surface area contributed by atoms with Crippen LogP contribution in [0.25, 0.3) is 0 Å². The molecule has 1 saturated heterocycles. The lowest BCUT2D eigenvalue weighted by Gasteiger charge is -2.09. The summed E-state index contributed by atoms with van der Waals surface area (Å²) in [7, 11) is 0. The Morgan fingerprint density at radius 2 is 2.24 bits per heavy atom. The van der Waals surface area contributed by atoms with Crippen LogP contribution in [0.2, 0.25) is 0 Å². The van der Waals surface area contributed by atoms with Gasteiger partial charge in [0.2, 0.25) is 0 Å². The number of hydrogen-bond donors (Lipinski definition) is 2. The molecule has 0 aromatic carbocycles. The summed E-state index contributed by atoms with van der Waals surface area (Å²) >= 11 is 0. The molecule has 6 heteroatoms. The monoisotopic (exact) mass is 314 g/mol. The van der Waals surface area contributed by atoms with E-state index in [2.05, 4.69) is 22.7 Å². The molecule has 1 atom stereocenters. The molecule has 0 bridgehead atoms. The van der Waals surface area contributed by atoms with Crippen molar-refractivity contribution in [2.24, 2.45) is 5.92 Å². The standard InChI is InChI=1S/C15H26N4O.ClH/c1-4-9-19-12(3)14(11(2)18-19)15(20)17-8-6-13-5-7-16-10-13;/h13,16H,4-10H2,1-3H3,(H,17,20);1H. The molecule has 1 unspecified atom stereocenters. The Morgan fingerprint density at radius 3 is 2.86 bits per heavy atom. The van der Waals surface area contributed by atoms with E-state index in [0.29, 0.717) is 5.92 Å². The van der Waals surface area contributed by atoms with Crippen molar-refractivity contribution in [1.82, 2.24) is 20.4 Å². The number of carbonyl (C=O) groups excluding carboxylic acids is 1. The molecule has 1 aliphatic rings. The molecule has 120 valence electrons. The number of aromatic nitrogens is 2. The highest BCUT2D eigenvalue weighted by Gasteiger charge is 2.19. The van der Waals surface area contributed by atoms with Gasteiger partial charge in [-0.15, -0.1) is 12.4 Å². The summed E-state index contributed by atoms with van der Waals surface area (Å²) in [5.74, 6) is 0.730. The molecule has 5 nitrogen and oxygen atoms in total. The Bertz CT molecular complexity index is 466. The van der Waals surface area contributed by atoms with Gasteiger partial charge >= 0.3 is 0 Å². The van der Waals surface area contributed by atoms with Crippen molar-refractivity contribution in [2.45, 2.75) is 46.6 Å². The molecule has 0 saturated carbocycles. The van der Waals surface area contributed by atoms with E-state index in [9.17, 15) is 4.79 Å². The second kappa shape index (κ2) is 8.39. The van der Waals surface area contributed by atoms with Gasteiger partial charge in [0.25, 0.3) is 5.91 Å². The van der Waals surface area contributed by atoms with E-state index >= 15 is 0 Å². The van der Waals surface area contributed by atoms with E-state index in [1.807, 2.05) is 18.5 Å². The van der Waals surface area contributed by atoms with Crippen molar-refractivity contribution in [2.75, 3.05) is 19.6 Å². The van der Waals surface area contributed by atoms with E-state index in [0.717, 1.165) is 56.0 Å². The fourth-order valence-corrected chi connectivity index (χ4v) is 2.89. The van der Waals surface area contributed by atoms with E-state index in [1.54, 1.807) is 0 Å². The summed E-state index contributed by atoms with van der Waals surface area (Å²) in [4.78, 5) is 12.3. The number of halogens is 1. The third-order valence-corrected chi connectivity index (χ3v) is 4.04. The molecule has 0 aliphatic carbocycles. The van der Waals surface area contributed by atoms with Crippen molar-refractivity contribution >= 4 is 18.3 Å². The summed E-state index contributed by atoms with van der Waals surface area (Å²) in [6, 6.07) is 0. The topological polar surface area (TPSA) is 59.0 Å². The Hall–Kier alpha value is -1.07. The van der Waals surface area contributed by atoms with Gasteiger partial charge in [0.1, 0.15) is 0 Å². The second-order valence-electron chi connectivity index (χ2n) is 5.67. The molecular weight excluding hydrogens is 288 g/mol. The number of hydrogen-bond acceptors (Lipinski definition) is 3. The summed E-state index contributed by atoms with van der Waals surface area (Å²) in [5.41, 5.74) is 2.56. The van der Waals surface area contributed by atoms with Gasteiger partial charge in [0.05, 0.1) is 11.3 Å². The zero-order chi connectivity index (χ0) is 14.5. The van der Waals surface area contributed by atoms with Crippen LogP contribution in [0.3, 0.4) is 0 Å². The van der Waals surface area contributed by atoms with E-state index in [4.69, 9.17) is 0 Å². The van der Waals surface area contributed by atoms with Crippen molar-refractivity contribution in [3.63, 3.8) is 0 Å². The van der Waals surface area contributed by atoms with Gasteiger partial charge in [-0.3, -0.25) is 9.48 Å². The molecule has 1 aromatic heterocycles. The lowest BCUT2D eigenvalue weighted by molar-refractivity contribution is 0.0950. The first-order valence-electron chi connectivity index (χ1n) is 7.66. The van der Waals surface area contributed by atoms with Crippen LogP contribution in [0.5, 0.6) is 0 Å². The van der Waals surface area contributed by atoms with Crippen LogP contribution in [0.1, 0.15) is 47.9 Å². The highest BCUT2D eigenvalue weighted by molar-refractivity contribution is 5.96. The molecule has 1 amide bonds. The third-order valence-electron chi connectivity index (χ3n) is 4.04. The number of nitrogens with one attached hydrogen (secondary N) is 2. The van der Waals surface area contributed by atoms with Gasteiger partial charge in [0, 0.05) is 18.8 Å². The smallest absolute Gasteiger partial charge is 0.255 e. The molecule has 21 heavy (non-hydrogen) atoms. The van der Waals surface area contributed by atoms with Crippen LogP contribution in [0.15, 0.2) is 0 Å². The second-order valence-corrected chi connectivity index (χ2v) is 5.67. The largest absolute Gasteiger partial charge is 0.352 e. The average molecular weight is 315 g/mol. The minimum absolute atomic E-state index is 0. The van der Waals surface area contributed by atoms with Crippen molar-refractivity contribution in [3.05, 3.63) is 17.0 Å². The zero-order valence-corrected chi connectivity index (χ0v) is 14.1. The fraction of sp³-hybridized carbons (Fsp3) is 0.733. The average Bonchev–Trinajstić information content (AvgIpc) is 2.99. The van der Waals surface area contributed by atoms with E-state index < -0.39 is 0 Å². The maximum atomic E-state index is 12.3. The number of amides is 1. The highest BCUT2D eigenvalue weighted by atomic mass is 35.5. The Labute approximate surface area is 133 Å². The fourth-order valence-electron chi connectivity index (χ4n) is 2.89. The van der Waals surface area contributed by atoms with Gasteiger partial charge in [0.15, 0.2) is 0 Å². The molecule has 0 spiro atoms. The first-order chi connectivity index (χ1) is 9.63. The van der Waals surface area contributed by atoms with E-state index in [-0.39, 0.29) is 18.3 Å². The van der Waals surface area contributed by atoms with Crippen molar-refractivity contribution in [3.8, 4) is 0 Å². The van der Waals surface area contributed by atoms with Crippen LogP contribution < -0.4 is 10.6 Å². The molecule has 2 N–H and O–H groups in total. The van der Waals surface area contributed by atoms with Gasteiger partial charge in [-0.25, -0.2) is 0 Å². The lowest BCUT2D eigenvalue weighted by Crippen LogP contribution is -2.27. The lowest BCUT2D eigenvalue weighted by atomic mass is 10.1. The molecular formula is C15H27ClN4O. The third kappa shape index (κ3) is 4.45. The first-order valence-corrected chi connectivity index (χ1v) is 7.66. The maximum Gasteiger partial charge on any atom is 0.255 e. The molecule has 1 fully saturated rings. The van der Waals surface area contributed by atoms with Crippen LogP contribution in [-0.2, 0) is 6.54 Å². The van der Waals surface area contributed by atoms with Crippen LogP contribution >= 0.6 is 12.4 Å². The van der Waals surface area contributed by atoms with Crippen molar-refractivity contribution < 1.29 is 4.79 Å². The summed E-state index contributed by atoms with van der Waals surface area (Å²) < 4.78 is 1.94. The highest BCUT2D eigenvalue weighted by Crippen LogP contribution is 2.14. The number of carbonyl (C=O) groups is 1. The van der Waals surface area contributed by atoms with Crippen molar-refractivity contribution in [1.29, 1.82) is 0 Å². The van der Waals surface area contributed by atoms with Gasteiger partial charge in [-0.2, -0.15) is 5.10 Å². The van der Waals surface area contributed by atoms with Gasteiger partial charge < -0.3 is 10.6 Å². The maximum absolute atomic E-state index is 12.3. The predicted molar refractivity (Wildman–Crippen MR) is 87.2 cm³/mol. The Kier molecular flexibility index (Phi) is 7.18. The van der Waals surface area contributed by atoms with Crippen LogP contribution in [0, 0.1) is 19.8 Å². The summed E-state index contributed by atoms with van der Waals surface area (Å²) in [6.07, 6.45) is 3.31. The number of rotatable bonds is 6. The number of aryl methyl sites for hydroxylation is 2. The van der Waals surface area contributed by atoms with Gasteiger partial charge in [-0.1, -0.05) is 6.92 Å². The molecule has 2 rings (SSSR count). The number of nitrogens with zero attached hydrogens (tertiary/aromatic N) is 2. The SMILES string of the molecule is CCCn1nc(C)c(C(=O)NCCC2CCNC2)c1C.Cl. The Balaban J connectivity index is 0.00000220. The Morgan fingerprint density at radius 1 is 1.48 bits per heavy atom. The zero-order valence-electron chi connectivity index (χ0n) is 13.2. The normalized spacial score (nSPS) is 17.6. The molecule has 0 radical (unpaired) electrons. The molecule has 2 heterocycles. The molecule has 1 aromatic rings. The quantitative estimate of drug-likeness (QED) is 0.845. The molecule has 1 aliphatic heterocycles. The van der Waals surface area contributed by atoms with Crippen LogP contribution in [-0.4, -0.2) is 35.3 Å². The minimum Gasteiger partial charge on any atom is -0.352 e. The van der Waals surface area contributed by atoms with Gasteiger partial charge in [-0.05, 0) is 52.1 Å². The minimum atomic E-state index is 0. The summed E-state index contributed by atoms with van der Waals surface area (Å²) in [6.45, 7) is 9.83.